The summed E-state index contributed by atoms with van der Waals surface area (Å²) in [5, 5.41) is 4.04. The van der Waals surface area contributed by atoms with Crippen LogP contribution in [0.3, 0.4) is 0 Å². The van der Waals surface area contributed by atoms with Crippen molar-refractivity contribution >= 4 is 17.4 Å². The van der Waals surface area contributed by atoms with Gasteiger partial charge in [-0.05, 0) is 32.6 Å². The van der Waals surface area contributed by atoms with E-state index in [9.17, 15) is 0 Å². The highest BCUT2D eigenvalue weighted by atomic mass is 35.5. The first-order chi connectivity index (χ1) is 7.99. The van der Waals surface area contributed by atoms with Gasteiger partial charge in [-0.15, -0.1) is 0 Å². The lowest BCUT2D eigenvalue weighted by Gasteiger charge is -2.17. The first-order valence-corrected chi connectivity index (χ1v) is 6.67. The summed E-state index contributed by atoms with van der Waals surface area (Å²) < 4.78 is 0. The maximum absolute atomic E-state index is 6.15. The molecule has 1 aliphatic rings. The fraction of sp³-hybridized carbons (Fsp3) is 0.692. The molecule has 1 unspecified atom stereocenters. The van der Waals surface area contributed by atoms with Crippen molar-refractivity contribution in [3.63, 3.8) is 0 Å². The normalized spacial score (nSPS) is 17.3. The molecule has 17 heavy (non-hydrogen) atoms. The summed E-state index contributed by atoms with van der Waals surface area (Å²) in [6, 6.07) is 0.472. The number of anilines is 1. The molecule has 1 aromatic rings. The number of nitrogens with zero attached hydrogens (tertiary/aromatic N) is 2. The lowest BCUT2D eigenvalue weighted by atomic mass is 10.2. The van der Waals surface area contributed by atoms with Crippen molar-refractivity contribution in [1.82, 2.24) is 9.97 Å². The Labute approximate surface area is 108 Å². The van der Waals surface area contributed by atoms with Crippen LogP contribution < -0.4 is 5.32 Å². The highest BCUT2D eigenvalue weighted by Crippen LogP contribution is 2.34. The van der Waals surface area contributed by atoms with E-state index >= 15 is 0 Å². The van der Waals surface area contributed by atoms with Crippen molar-refractivity contribution in [2.45, 2.75) is 52.5 Å². The monoisotopic (exact) mass is 253 g/mol. The fourth-order valence-corrected chi connectivity index (χ4v) is 2.01. The van der Waals surface area contributed by atoms with Crippen LogP contribution >= 0.6 is 11.6 Å². The SMILES string of the molecule is Cc1c(Cl)nc(C(C)C)nc1NC(C)C1CC1. The van der Waals surface area contributed by atoms with Gasteiger partial charge in [0.25, 0.3) is 0 Å². The van der Waals surface area contributed by atoms with Crippen LogP contribution in [0.2, 0.25) is 5.15 Å². The molecule has 2 rings (SSSR count). The number of hydrogen-bond donors (Lipinski definition) is 1. The second-order valence-corrected chi connectivity index (χ2v) is 5.63. The Morgan fingerprint density at radius 3 is 2.41 bits per heavy atom. The average molecular weight is 254 g/mol. The van der Waals surface area contributed by atoms with Crippen molar-refractivity contribution in [1.29, 1.82) is 0 Å². The molecule has 0 radical (unpaired) electrons. The van der Waals surface area contributed by atoms with Gasteiger partial charge in [0.1, 0.15) is 16.8 Å². The van der Waals surface area contributed by atoms with Crippen LogP contribution in [0.4, 0.5) is 5.82 Å². The molecule has 0 aromatic carbocycles. The molecule has 94 valence electrons. The largest absolute Gasteiger partial charge is 0.367 e. The van der Waals surface area contributed by atoms with E-state index in [-0.39, 0.29) is 0 Å². The van der Waals surface area contributed by atoms with E-state index in [1.807, 2.05) is 6.92 Å². The maximum Gasteiger partial charge on any atom is 0.137 e. The van der Waals surface area contributed by atoms with E-state index in [1.165, 1.54) is 12.8 Å². The number of rotatable bonds is 4. The Morgan fingerprint density at radius 2 is 1.88 bits per heavy atom. The van der Waals surface area contributed by atoms with Crippen LogP contribution in [0.15, 0.2) is 0 Å². The van der Waals surface area contributed by atoms with Crippen molar-refractivity contribution in [3.05, 3.63) is 16.5 Å². The second-order valence-electron chi connectivity index (χ2n) is 5.27. The molecular weight excluding hydrogens is 234 g/mol. The van der Waals surface area contributed by atoms with E-state index in [1.54, 1.807) is 0 Å². The highest BCUT2D eigenvalue weighted by molar-refractivity contribution is 6.30. The first kappa shape index (κ1) is 12.6. The van der Waals surface area contributed by atoms with Crippen molar-refractivity contribution in [3.8, 4) is 0 Å². The van der Waals surface area contributed by atoms with Gasteiger partial charge >= 0.3 is 0 Å². The smallest absolute Gasteiger partial charge is 0.137 e. The minimum Gasteiger partial charge on any atom is -0.367 e. The van der Waals surface area contributed by atoms with Crippen LogP contribution in [0.25, 0.3) is 0 Å². The third-order valence-electron chi connectivity index (χ3n) is 3.31. The summed E-state index contributed by atoms with van der Waals surface area (Å²) in [7, 11) is 0. The zero-order valence-electron chi connectivity index (χ0n) is 10.9. The summed E-state index contributed by atoms with van der Waals surface area (Å²) in [5.74, 6) is 2.80. The molecule has 0 amide bonds. The lowest BCUT2D eigenvalue weighted by Crippen LogP contribution is -2.20. The lowest BCUT2D eigenvalue weighted by molar-refractivity contribution is 0.684. The molecule has 1 atom stereocenters. The van der Waals surface area contributed by atoms with E-state index in [0.29, 0.717) is 17.1 Å². The minimum atomic E-state index is 0.296. The summed E-state index contributed by atoms with van der Waals surface area (Å²) in [6.07, 6.45) is 2.64. The first-order valence-electron chi connectivity index (χ1n) is 6.29. The molecule has 0 aliphatic heterocycles. The van der Waals surface area contributed by atoms with Crippen LogP contribution in [-0.4, -0.2) is 16.0 Å². The molecule has 1 fully saturated rings. The minimum absolute atomic E-state index is 0.296. The topological polar surface area (TPSA) is 37.8 Å². The summed E-state index contributed by atoms with van der Waals surface area (Å²) in [6.45, 7) is 8.33. The third-order valence-corrected chi connectivity index (χ3v) is 3.68. The van der Waals surface area contributed by atoms with Gasteiger partial charge in [0.05, 0.1) is 0 Å². The van der Waals surface area contributed by atoms with Gasteiger partial charge in [-0.3, -0.25) is 0 Å². The van der Waals surface area contributed by atoms with E-state index in [4.69, 9.17) is 11.6 Å². The van der Waals surface area contributed by atoms with Gasteiger partial charge in [0.15, 0.2) is 0 Å². The van der Waals surface area contributed by atoms with Gasteiger partial charge in [0, 0.05) is 17.5 Å². The summed E-state index contributed by atoms with van der Waals surface area (Å²) >= 11 is 6.15. The standard InChI is InChI=1S/C13H20ClN3/c1-7(2)12-16-11(14)8(3)13(17-12)15-9(4)10-5-6-10/h7,9-10H,5-6H2,1-4H3,(H,15,16,17). The third kappa shape index (κ3) is 2.89. The molecule has 4 heteroatoms. The Kier molecular flexibility index (Phi) is 3.57. The average Bonchev–Trinajstić information content (AvgIpc) is 3.07. The molecule has 3 nitrogen and oxygen atoms in total. The van der Waals surface area contributed by atoms with Gasteiger partial charge in [-0.1, -0.05) is 25.4 Å². The van der Waals surface area contributed by atoms with Crippen LogP contribution in [0, 0.1) is 12.8 Å². The maximum atomic E-state index is 6.15. The van der Waals surface area contributed by atoms with Crippen LogP contribution in [-0.2, 0) is 0 Å². The van der Waals surface area contributed by atoms with Gasteiger partial charge < -0.3 is 5.32 Å². The van der Waals surface area contributed by atoms with E-state index in [2.05, 4.69) is 36.1 Å². The molecule has 1 aromatic heterocycles. The molecule has 0 saturated heterocycles. The molecule has 0 spiro atoms. The number of hydrogen-bond acceptors (Lipinski definition) is 3. The van der Waals surface area contributed by atoms with E-state index in [0.717, 1.165) is 23.1 Å². The summed E-state index contributed by atoms with van der Waals surface area (Å²) in [4.78, 5) is 8.89. The number of aromatic nitrogens is 2. The number of halogens is 1. The molecule has 0 bridgehead atoms. The van der Waals surface area contributed by atoms with Crippen LogP contribution in [0.1, 0.15) is 50.9 Å². The van der Waals surface area contributed by atoms with Crippen molar-refractivity contribution in [2.24, 2.45) is 5.92 Å². The predicted octanol–water partition coefficient (Wildman–Crippen LogP) is 3.77. The Bertz CT molecular complexity index is 413. The van der Waals surface area contributed by atoms with Crippen molar-refractivity contribution in [2.75, 3.05) is 5.32 Å². The molecule has 1 saturated carbocycles. The van der Waals surface area contributed by atoms with Crippen molar-refractivity contribution < 1.29 is 0 Å². The zero-order chi connectivity index (χ0) is 12.6. The van der Waals surface area contributed by atoms with E-state index < -0.39 is 0 Å². The predicted molar refractivity (Wildman–Crippen MR) is 71.7 cm³/mol. The van der Waals surface area contributed by atoms with Gasteiger partial charge in [-0.2, -0.15) is 0 Å². The molecular formula is C13H20ClN3. The molecule has 1 aliphatic carbocycles. The Balaban J connectivity index is 2.24. The fourth-order valence-electron chi connectivity index (χ4n) is 1.83. The summed E-state index contributed by atoms with van der Waals surface area (Å²) in [5.41, 5.74) is 0.948. The number of nitrogens with one attached hydrogen (secondary N) is 1. The highest BCUT2D eigenvalue weighted by Gasteiger charge is 2.28. The molecule has 1 heterocycles. The van der Waals surface area contributed by atoms with Gasteiger partial charge in [-0.25, -0.2) is 9.97 Å². The molecule has 1 N–H and O–H groups in total. The quantitative estimate of drug-likeness (QED) is 0.830. The van der Waals surface area contributed by atoms with Crippen LogP contribution in [0.5, 0.6) is 0 Å². The Morgan fingerprint density at radius 1 is 1.24 bits per heavy atom. The second kappa shape index (κ2) is 4.81. The van der Waals surface area contributed by atoms with Gasteiger partial charge in [0.2, 0.25) is 0 Å². The Hall–Kier alpha value is -0.830. The zero-order valence-corrected chi connectivity index (χ0v) is 11.7.